The van der Waals surface area contributed by atoms with E-state index in [4.69, 9.17) is 28.2 Å². The number of hydrogen-bond acceptors (Lipinski definition) is 7. The van der Waals surface area contributed by atoms with E-state index in [1.54, 1.807) is 89.2 Å². The van der Waals surface area contributed by atoms with E-state index in [-0.39, 0.29) is 34.1 Å². The molecule has 0 radical (unpaired) electrons. The lowest BCUT2D eigenvalue weighted by atomic mass is 9.71. The zero-order valence-corrected chi connectivity index (χ0v) is 28.6. The van der Waals surface area contributed by atoms with Gasteiger partial charge >= 0.3 is 0 Å². The fourth-order valence-electron chi connectivity index (χ4n) is 8.06. The van der Waals surface area contributed by atoms with E-state index in [1.165, 1.54) is 4.68 Å². The van der Waals surface area contributed by atoms with E-state index in [2.05, 4.69) is 20.4 Å². The van der Waals surface area contributed by atoms with Crippen LogP contribution in [0.5, 0.6) is 0 Å². The second-order valence-electron chi connectivity index (χ2n) is 13.3. The summed E-state index contributed by atoms with van der Waals surface area (Å²) in [7, 11) is 1.69. The SMILES string of the molecule is Cn1nc(N2C(=O)c3ccccc3C2=O)c2ccc(-c3nc([C@@H]4[C@H]5CCC5c5cc(-c6cc(Cl)ccc6-n6cc(Cl)nn6)cc(=O)n54)[nH]c3F)cc21. The Hall–Kier alpha value is -5.92. The van der Waals surface area contributed by atoms with Crippen molar-refractivity contribution in [3.8, 4) is 28.1 Å². The Morgan fingerprint density at radius 3 is 2.38 bits per heavy atom. The average Bonchev–Trinajstić information content (AvgIpc) is 3.90. The number of anilines is 1. The zero-order valence-electron chi connectivity index (χ0n) is 27.1. The fraction of sp³-hybridized carbons (Fsp3) is 0.162. The molecule has 3 aliphatic rings. The second-order valence-corrected chi connectivity index (χ2v) is 14.1. The second kappa shape index (κ2) is 11.0. The Bertz CT molecular complexity index is 2730. The van der Waals surface area contributed by atoms with Gasteiger partial charge in [0.2, 0.25) is 5.95 Å². The molecule has 7 aromatic rings. The molecule has 1 N–H and O–H groups in total. The molecule has 2 amide bonds. The highest BCUT2D eigenvalue weighted by Crippen LogP contribution is 2.55. The van der Waals surface area contributed by atoms with Crippen molar-refractivity contribution in [1.29, 1.82) is 0 Å². The molecule has 2 aliphatic heterocycles. The number of H-pyrrole nitrogens is 1. The summed E-state index contributed by atoms with van der Waals surface area (Å²) in [5, 5.41) is 13.8. The number of imide groups is 1. The van der Waals surface area contributed by atoms with Crippen LogP contribution < -0.4 is 10.5 Å². The molecule has 4 aromatic heterocycles. The maximum atomic E-state index is 15.8. The van der Waals surface area contributed by atoms with Gasteiger partial charge in [0, 0.05) is 46.3 Å². The first kappa shape index (κ1) is 30.9. The third kappa shape index (κ3) is 4.35. The molecule has 15 heteroatoms. The van der Waals surface area contributed by atoms with E-state index in [0.717, 1.165) is 23.4 Å². The number of imidazole rings is 1. The Morgan fingerprint density at radius 2 is 1.67 bits per heavy atom. The number of nitrogens with one attached hydrogen (secondary N) is 1. The smallest absolute Gasteiger partial charge is 0.267 e. The predicted octanol–water partition coefficient (Wildman–Crippen LogP) is 6.72. The molecule has 12 nitrogen and oxygen atoms in total. The largest absolute Gasteiger partial charge is 0.317 e. The monoisotopic (exact) mass is 731 g/mol. The van der Waals surface area contributed by atoms with E-state index in [9.17, 15) is 14.4 Å². The van der Waals surface area contributed by atoms with Gasteiger partial charge in [-0.25, -0.2) is 14.6 Å². The number of aromatic nitrogens is 8. The summed E-state index contributed by atoms with van der Waals surface area (Å²) in [6.45, 7) is 0. The summed E-state index contributed by atoms with van der Waals surface area (Å²) in [5.41, 5.74) is 4.39. The van der Waals surface area contributed by atoms with Crippen LogP contribution in [-0.4, -0.2) is 51.1 Å². The number of benzene rings is 3. The number of hydrogen-bond donors (Lipinski definition) is 1. The van der Waals surface area contributed by atoms with Gasteiger partial charge in [-0.3, -0.25) is 19.1 Å². The van der Waals surface area contributed by atoms with Crippen LogP contribution in [0.15, 0.2) is 83.8 Å². The van der Waals surface area contributed by atoms with Crippen molar-refractivity contribution in [2.75, 3.05) is 4.90 Å². The van der Waals surface area contributed by atoms with Crippen molar-refractivity contribution in [1.82, 2.24) is 39.3 Å². The summed E-state index contributed by atoms with van der Waals surface area (Å²) in [5.74, 6) is -0.844. The summed E-state index contributed by atoms with van der Waals surface area (Å²) in [6, 6.07) is 20.1. The molecule has 3 aromatic carbocycles. The molecule has 1 unspecified atom stereocenters. The summed E-state index contributed by atoms with van der Waals surface area (Å²) >= 11 is 12.5. The Balaban J connectivity index is 1.02. The topological polar surface area (TPSA) is 137 Å². The Labute approximate surface area is 303 Å². The number of carbonyl (C=O) groups excluding carboxylic acids is 2. The summed E-state index contributed by atoms with van der Waals surface area (Å²) in [6.07, 6.45) is 3.31. The van der Waals surface area contributed by atoms with Crippen molar-refractivity contribution in [2.45, 2.75) is 24.8 Å². The molecule has 1 fully saturated rings. The van der Waals surface area contributed by atoms with E-state index < -0.39 is 23.8 Å². The van der Waals surface area contributed by atoms with E-state index >= 15 is 4.39 Å². The van der Waals surface area contributed by atoms with Gasteiger partial charge in [-0.05, 0) is 72.9 Å². The van der Waals surface area contributed by atoms with Crippen molar-refractivity contribution in [2.24, 2.45) is 13.0 Å². The van der Waals surface area contributed by atoms with Gasteiger partial charge in [0.05, 0.1) is 34.6 Å². The molecule has 52 heavy (non-hydrogen) atoms. The van der Waals surface area contributed by atoms with Gasteiger partial charge in [0.1, 0.15) is 11.5 Å². The lowest BCUT2D eigenvalue weighted by Gasteiger charge is -2.32. The number of amides is 2. The van der Waals surface area contributed by atoms with Crippen molar-refractivity contribution < 1.29 is 14.0 Å². The number of pyridine rings is 1. The quantitative estimate of drug-likeness (QED) is 0.194. The predicted molar refractivity (Wildman–Crippen MR) is 191 cm³/mol. The minimum absolute atomic E-state index is 0.0519. The molecule has 256 valence electrons. The van der Waals surface area contributed by atoms with E-state index in [0.29, 0.717) is 55.3 Å². The molecule has 3 atom stereocenters. The maximum Gasteiger partial charge on any atom is 0.267 e. The van der Waals surface area contributed by atoms with E-state index in [1.807, 2.05) is 6.07 Å². The highest BCUT2D eigenvalue weighted by molar-refractivity contribution is 6.35. The lowest BCUT2D eigenvalue weighted by Crippen LogP contribution is -2.30. The Morgan fingerprint density at radius 1 is 0.885 bits per heavy atom. The zero-order chi connectivity index (χ0) is 35.6. The average molecular weight is 733 g/mol. The standard InChI is InChI=1S/C37H24Cl2FN9O3/c1-46-27-12-17(6-8-24(27)35(44-46)49-36(51)22-4-2-3-5-23(22)37(49)52)31-33(40)42-34(41-31)32-21-10-9-20(21)28-13-18(14-30(50)48(28)32)25-15-19(38)7-11-26(25)47-16-29(39)43-45-47/h2-8,11-16,20-21,32H,9-10H2,1H3,(H,41,42)/t20?,21-,32-/m0/s1. The van der Waals surface area contributed by atoms with Gasteiger partial charge in [-0.1, -0.05) is 46.6 Å². The highest BCUT2D eigenvalue weighted by atomic mass is 35.5. The van der Waals surface area contributed by atoms with Crippen molar-refractivity contribution >= 4 is 51.7 Å². The minimum atomic E-state index is -0.638. The number of fused-ring (bicyclic) bond motifs is 5. The van der Waals surface area contributed by atoms with Crippen LogP contribution in [0.2, 0.25) is 10.2 Å². The number of rotatable bonds is 5. The number of carbonyl (C=O) groups is 2. The van der Waals surface area contributed by atoms with Crippen molar-refractivity contribution in [3.63, 3.8) is 0 Å². The molecule has 10 rings (SSSR count). The molecule has 0 bridgehead atoms. The molecule has 1 saturated carbocycles. The van der Waals surface area contributed by atoms with Crippen LogP contribution in [0.3, 0.4) is 0 Å². The van der Waals surface area contributed by atoms with Crippen LogP contribution >= 0.6 is 23.2 Å². The first-order valence-electron chi connectivity index (χ1n) is 16.5. The van der Waals surface area contributed by atoms with Crippen LogP contribution in [0.1, 0.15) is 57.0 Å². The normalized spacial score (nSPS) is 18.9. The number of aryl methyl sites for hydroxylation is 1. The van der Waals surface area contributed by atoms with Gasteiger partial charge < -0.3 is 9.55 Å². The highest BCUT2D eigenvalue weighted by Gasteiger charge is 2.49. The molecule has 0 spiro atoms. The molecular formula is C37H24Cl2FN9O3. The molecular weight excluding hydrogens is 708 g/mol. The van der Waals surface area contributed by atoms with Crippen LogP contribution in [0, 0.1) is 11.9 Å². The number of nitrogens with zero attached hydrogens (tertiary/aromatic N) is 8. The molecule has 6 heterocycles. The van der Waals surface area contributed by atoms with Crippen molar-refractivity contribution in [3.05, 3.63) is 128 Å². The van der Waals surface area contributed by atoms with Gasteiger partial charge in [-0.15, -0.1) is 5.10 Å². The van der Waals surface area contributed by atoms with Gasteiger partial charge in [0.15, 0.2) is 11.0 Å². The lowest BCUT2D eigenvalue weighted by molar-refractivity contribution is 0.0925. The first-order chi connectivity index (χ1) is 25.2. The molecule has 1 aliphatic carbocycles. The van der Waals surface area contributed by atoms with Gasteiger partial charge in [-0.2, -0.15) is 9.49 Å². The first-order valence-corrected chi connectivity index (χ1v) is 17.3. The Kier molecular flexibility index (Phi) is 6.55. The van der Waals surface area contributed by atoms with Crippen LogP contribution in [-0.2, 0) is 7.05 Å². The van der Waals surface area contributed by atoms with Gasteiger partial charge in [0.25, 0.3) is 17.4 Å². The number of aromatic amines is 1. The van der Waals surface area contributed by atoms with Crippen LogP contribution in [0.25, 0.3) is 39.0 Å². The molecule has 0 saturated heterocycles. The third-order valence-electron chi connectivity index (χ3n) is 10.5. The fourth-order valence-corrected chi connectivity index (χ4v) is 8.36. The minimum Gasteiger partial charge on any atom is -0.317 e. The maximum absolute atomic E-state index is 15.8. The van der Waals surface area contributed by atoms with Crippen LogP contribution in [0.4, 0.5) is 10.2 Å². The third-order valence-corrected chi connectivity index (χ3v) is 10.9. The summed E-state index contributed by atoms with van der Waals surface area (Å²) in [4.78, 5) is 49.1. The summed E-state index contributed by atoms with van der Waals surface area (Å²) < 4.78 is 20.7. The number of halogens is 3.